The summed E-state index contributed by atoms with van der Waals surface area (Å²) in [4.78, 5) is 0. The van der Waals surface area contributed by atoms with Gasteiger partial charge in [-0.3, -0.25) is 0 Å². The summed E-state index contributed by atoms with van der Waals surface area (Å²) in [5.74, 6) is 0. The van der Waals surface area contributed by atoms with Crippen molar-refractivity contribution in [2.24, 2.45) is 0 Å². The molecule has 1 saturated carbocycles. The van der Waals surface area contributed by atoms with Crippen molar-refractivity contribution in [2.75, 3.05) is 5.33 Å². The quantitative estimate of drug-likeness (QED) is 0.397. The maximum absolute atomic E-state index is 4.67. The zero-order chi connectivity index (χ0) is 15.7. The van der Waals surface area contributed by atoms with Crippen LogP contribution in [0, 0.1) is 0 Å². The number of aromatic nitrogens is 2. The Bertz CT molecular complexity index is 410. The molecule has 1 aromatic rings. The topological polar surface area (TPSA) is 25.8 Å². The Labute approximate surface area is 144 Å². The van der Waals surface area contributed by atoms with Crippen molar-refractivity contribution in [3.63, 3.8) is 0 Å². The lowest BCUT2D eigenvalue weighted by atomic mass is 9.69. The predicted octanol–water partition coefficient (Wildman–Crippen LogP) is 5.98. The van der Waals surface area contributed by atoms with E-state index in [9.17, 15) is 0 Å². The Morgan fingerprint density at radius 2 is 1.82 bits per heavy atom. The SMILES string of the molecule is CCCCCc1ccc(C2(CCCCBr)CCCCC2)nn1. The maximum atomic E-state index is 4.67. The molecule has 2 rings (SSSR count). The van der Waals surface area contributed by atoms with E-state index in [2.05, 4.69) is 45.2 Å². The van der Waals surface area contributed by atoms with E-state index in [0.29, 0.717) is 5.41 Å². The molecule has 0 aliphatic heterocycles. The van der Waals surface area contributed by atoms with Gasteiger partial charge < -0.3 is 0 Å². The molecule has 0 atom stereocenters. The highest BCUT2D eigenvalue weighted by Gasteiger charge is 2.34. The molecule has 0 aromatic carbocycles. The van der Waals surface area contributed by atoms with Gasteiger partial charge in [-0.2, -0.15) is 10.2 Å². The van der Waals surface area contributed by atoms with Crippen molar-refractivity contribution in [3.05, 3.63) is 23.5 Å². The van der Waals surface area contributed by atoms with Crippen LogP contribution in [0.5, 0.6) is 0 Å². The van der Waals surface area contributed by atoms with Crippen molar-refractivity contribution in [3.8, 4) is 0 Å². The number of halogens is 1. The van der Waals surface area contributed by atoms with Gasteiger partial charge in [0.2, 0.25) is 0 Å². The number of rotatable bonds is 9. The first-order chi connectivity index (χ1) is 10.8. The van der Waals surface area contributed by atoms with Crippen LogP contribution in [0.25, 0.3) is 0 Å². The Hall–Kier alpha value is -0.440. The van der Waals surface area contributed by atoms with Crippen LogP contribution in [-0.2, 0) is 11.8 Å². The molecule has 2 nitrogen and oxygen atoms in total. The second-order valence-electron chi connectivity index (χ2n) is 6.85. The fraction of sp³-hybridized carbons (Fsp3) is 0.789. The van der Waals surface area contributed by atoms with Gasteiger partial charge in [0.1, 0.15) is 0 Å². The zero-order valence-electron chi connectivity index (χ0n) is 14.1. The summed E-state index contributed by atoms with van der Waals surface area (Å²) < 4.78 is 0. The minimum Gasteiger partial charge on any atom is -0.155 e. The fourth-order valence-corrected chi connectivity index (χ4v) is 4.15. The lowest BCUT2D eigenvalue weighted by Gasteiger charge is -2.36. The third kappa shape index (κ3) is 5.04. The third-order valence-electron chi connectivity index (χ3n) is 5.15. The fourth-order valence-electron chi connectivity index (χ4n) is 3.75. The molecule has 0 amide bonds. The van der Waals surface area contributed by atoms with Gasteiger partial charge in [0, 0.05) is 10.7 Å². The second-order valence-corrected chi connectivity index (χ2v) is 7.65. The lowest BCUT2D eigenvalue weighted by molar-refractivity contribution is 0.259. The molecule has 0 radical (unpaired) electrons. The number of hydrogen-bond donors (Lipinski definition) is 0. The molecular weight excluding hydrogens is 336 g/mol. The summed E-state index contributed by atoms with van der Waals surface area (Å²) in [5.41, 5.74) is 2.75. The Kier molecular flexibility index (Phi) is 7.85. The maximum Gasteiger partial charge on any atom is 0.0692 e. The highest BCUT2D eigenvalue weighted by Crippen LogP contribution is 2.42. The zero-order valence-corrected chi connectivity index (χ0v) is 15.7. The van der Waals surface area contributed by atoms with Gasteiger partial charge in [-0.1, -0.05) is 61.4 Å². The number of unbranched alkanes of at least 4 members (excludes halogenated alkanes) is 3. The molecule has 1 aromatic heterocycles. The first-order valence-corrected chi connectivity index (χ1v) is 10.3. The van der Waals surface area contributed by atoms with E-state index < -0.39 is 0 Å². The van der Waals surface area contributed by atoms with Crippen LogP contribution in [0.15, 0.2) is 12.1 Å². The normalized spacial score (nSPS) is 17.5. The van der Waals surface area contributed by atoms with Gasteiger partial charge in [0.25, 0.3) is 0 Å². The van der Waals surface area contributed by atoms with E-state index in [1.165, 1.54) is 82.0 Å². The van der Waals surface area contributed by atoms with Crippen LogP contribution in [0.3, 0.4) is 0 Å². The highest BCUT2D eigenvalue weighted by atomic mass is 79.9. The van der Waals surface area contributed by atoms with E-state index in [1.807, 2.05) is 0 Å². The first-order valence-electron chi connectivity index (χ1n) is 9.20. The minimum absolute atomic E-state index is 0.315. The summed E-state index contributed by atoms with van der Waals surface area (Å²) in [6.45, 7) is 2.24. The van der Waals surface area contributed by atoms with Crippen molar-refractivity contribution in [1.29, 1.82) is 0 Å². The van der Waals surface area contributed by atoms with Gasteiger partial charge in [0.15, 0.2) is 0 Å². The molecule has 0 spiro atoms. The summed E-state index contributed by atoms with van der Waals surface area (Å²) in [5, 5.41) is 10.3. The number of nitrogens with zero attached hydrogens (tertiary/aromatic N) is 2. The molecule has 1 aliphatic carbocycles. The summed E-state index contributed by atoms with van der Waals surface area (Å²) >= 11 is 3.56. The number of hydrogen-bond acceptors (Lipinski definition) is 2. The van der Waals surface area contributed by atoms with Gasteiger partial charge >= 0.3 is 0 Å². The van der Waals surface area contributed by atoms with E-state index in [4.69, 9.17) is 0 Å². The van der Waals surface area contributed by atoms with Crippen molar-refractivity contribution in [2.45, 2.75) is 89.4 Å². The van der Waals surface area contributed by atoms with Crippen LogP contribution in [0.1, 0.15) is 88.9 Å². The third-order valence-corrected chi connectivity index (χ3v) is 5.71. The number of alkyl halides is 1. The molecular formula is C19H31BrN2. The highest BCUT2D eigenvalue weighted by molar-refractivity contribution is 9.09. The van der Waals surface area contributed by atoms with Crippen LogP contribution in [-0.4, -0.2) is 15.5 Å². The number of aryl methyl sites for hydroxylation is 1. The molecule has 0 unspecified atom stereocenters. The van der Waals surface area contributed by atoms with Crippen LogP contribution in [0.2, 0.25) is 0 Å². The Morgan fingerprint density at radius 1 is 1.00 bits per heavy atom. The first kappa shape index (κ1) is 17.9. The van der Waals surface area contributed by atoms with Gasteiger partial charge in [-0.15, -0.1) is 0 Å². The summed E-state index contributed by atoms with van der Waals surface area (Å²) in [7, 11) is 0. The molecule has 22 heavy (non-hydrogen) atoms. The summed E-state index contributed by atoms with van der Waals surface area (Å²) in [6, 6.07) is 4.52. The Morgan fingerprint density at radius 3 is 2.45 bits per heavy atom. The largest absolute Gasteiger partial charge is 0.155 e. The average molecular weight is 367 g/mol. The lowest BCUT2D eigenvalue weighted by Crippen LogP contribution is -2.30. The van der Waals surface area contributed by atoms with Crippen LogP contribution >= 0.6 is 15.9 Å². The summed E-state index contributed by atoms with van der Waals surface area (Å²) in [6.07, 6.45) is 15.4. The van der Waals surface area contributed by atoms with Gasteiger partial charge in [-0.25, -0.2) is 0 Å². The predicted molar refractivity (Wildman–Crippen MR) is 97.7 cm³/mol. The molecule has 0 N–H and O–H groups in total. The van der Waals surface area contributed by atoms with Crippen molar-refractivity contribution >= 4 is 15.9 Å². The van der Waals surface area contributed by atoms with Crippen molar-refractivity contribution in [1.82, 2.24) is 10.2 Å². The van der Waals surface area contributed by atoms with E-state index in [0.717, 1.165) is 11.8 Å². The monoisotopic (exact) mass is 366 g/mol. The smallest absolute Gasteiger partial charge is 0.0692 e. The standard InChI is InChI=1S/C19H31BrN2/c1-2-3-5-10-17-11-12-18(22-21-17)19(15-8-9-16-20)13-6-4-7-14-19/h11-12H,2-10,13-16H2,1H3. The van der Waals surface area contributed by atoms with Crippen molar-refractivity contribution < 1.29 is 0 Å². The average Bonchev–Trinajstić information content (AvgIpc) is 2.57. The molecule has 0 bridgehead atoms. The Balaban J connectivity index is 2.03. The van der Waals surface area contributed by atoms with E-state index in [1.54, 1.807) is 0 Å². The van der Waals surface area contributed by atoms with Crippen LogP contribution in [0.4, 0.5) is 0 Å². The molecule has 1 fully saturated rings. The van der Waals surface area contributed by atoms with E-state index in [-0.39, 0.29) is 0 Å². The van der Waals surface area contributed by atoms with E-state index >= 15 is 0 Å². The molecule has 1 aliphatic rings. The second kappa shape index (κ2) is 9.64. The van der Waals surface area contributed by atoms with Crippen LogP contribution < -0.4 is 0 Å². The molecule has 3 heteroatoms. The van der Waals surface area contributed by atoms with Gasteiger partial charge in [0.05, 0.1) is 11.4 Å². The minimum atomic E-state index is 0.315. The van der Waals surface area contributed by atoms with Gasteiger partial charge in [-0.05, 0) is 50.7 Å². The molecule has 0 saturated heterocycles. The molecule has 1 heterocycles. The molecule has 124 valence electrons.